The van der Waals surface area contributed by atoms with Crippen LogP contribution in [-0.4, -0.2) is 16.5 Å². The molecule has 2 heterocycles. The molecule has 16 heavy (non-hydrogen) atoms. The van der Waals surface area contributed by atoms with Crippen LogP contribution in [0.2, 0.25) is 0 Å². The molecule has 2 aromatic heterocycles. The fourth-order valence-corrected chi connectivity index (χ4v) is 2.20. The van der Waals surface area contributed by atoms with Gasteiger partial charge < -0.3 is 5.73 Å². The van der Waals surface area contributed by atoms with Gasteiger partial charge in [-0.05, 0) is 6.07 Å². The van der Waals surface area contributed by atoms with Gasteiger partial charge in [0.05, 0.1) is 16.9 Å². The van der Waals surface area contributed by atoms with Crippen LogP contribution >= 0.6 is 11.3 Å². The normalized spacial score (nSPS) is 12.7. The Bertz CT molecular complexity index is 484. The second kappa shape index (κ2) is 4.67. The summed E-state index contributed by atoms with van der Waals surface area (Å²) in [6.07, 6.45) is 2.79. The molecule has 0 amide bonds. The molecule has 84 valence electrons. The lowest BCUT2D eigenvalue weighted by molar-refractivity contribution is 0.622. The maximum absolute atomic E-state index is 13.0. The van der Waals surface area contributed by atoms with Gasteiger partial charge in [-0.25, -0.2) is 9.37 Å². The molecule has 0 aliphatic heterocycles. The van der Waals surface area contributed by atoms with Crippen molar-refractivity contribution in [3.63, 3.8) is 0 Å². The van der Waals surface area contributed by atoms with Gasteiger partial charge in [-0.1, -0.05) is 6.92 Å². The Morgan fingerprint density at radius 3 is 3.00 bits per heavy atom. The van der Waals surface area contributed by atoms with E-state index in [0.29, 0.717) is 12.1 Å². The summed E-state index contributed by atoms with van der Waals surface area (Å²) < 4.78 is 13.0. The van der Waals surface area contributed by atoms with E-state index in [-0.39, 0.29) is 11.7 Å². The molecule has 2 N–H and O–H groups in total. The van der Waals surface area contributed by atoms with Gasteiger partial charge in [-0.3, -0.25) is 4.98 Å². The van der Waals surface area contributed by atoms with Crippen molar-refractivity contribution >= 4 is 11.3 Å². The van der Waals surface area contributed by atoms with Crippen molar-refractivity contribution < 1.29 is 4.39 Å². The smallest absolute Gasteiger partial charge is 0.142 e. The first-order chi connectivity index (χ1) is 7.70. The Hall–Kier alpha value is -1.33. The summed E-state index contributed by atoms with van der Waals surface area (Å²) in [6.45, 7) is 2.58. The maximum atomic E-state index is 13.0. The lowest BCUT2D eigenvalue weighted by Gasteiger charge is -2.02. The van der Waals surface area contributed by atoms with Gasteiger partial charge in [0.15, 0.2) is 0 Å². The molecule has 0 aliphatic carbocycles. The van der Waals surface area contributed by atoms with Gasteiger partial charge in [0.25, 0.3) is 0 Å². The highest BCUT2D eigenvalue weighted by Gasteiger charge is 2.10. The predicted octanol–water partition coefficient (Wildman–Crippen LogP) is 2.41. The molecule has 0 spiro atoms. The van der Waals surface area contributed by atoms with Crippen LogP contribution < -0.4 is 5.73 Å². The quantitative estimate of drug-likeness (QED) is 0.891. The average molecular weight is 237 g/mol. The molecule has 2 rings (SSSR count). The fraction of sp³-hybridized carbons (Fsp3) is 0.273. The third-order valence-electron chi connectivity index (χ3n) is 2.30. The Kier molecular flexibility index (Phi) is 3.26. The molecule has 0 aromatic carbocycles. The lowest BCUT2D eigenvalue weighted by atomic mass is 10.2. The number of aromatic nitrogens is 2. The third-order valence-corrected chi connectivity index (χ3v) is 3.37. The zero-order valence-electron chi connectivity index (χ0n) is 8.85. The van der Waals surface area contributed by atoms with Crippen molar-refractivity contribution in [2.24, 2.45) is 5.73 Å². The summed E-state index contributed by atoms with van der Waals surface area (Å²) in [6, 6.07) is 1.43. The van der Waals surface area contributed by atoms with Crippen LogP contribution in [0, 0.1) is 5.82 Å². The summed E-state index contributed by atoms with van der Waals surface area (Å²) in [5.41, 5.74) is 7.03. The van der Waals surface area contributed by atoms with E-state index in [1.54, 1.807) is 17.5 Å². The molecule has 5 heteroatoms. The molecule has 3 nitrogen and oxygen atoms in total. The number of thiazole rings is 1. The van der Waals surface area contributed by atoms with Gasteiger partial charge in [-0.2, -0.15) is 0 Å². The summed E-state index contributed by atoms with van der Waals surface area (Å²) >= 11 is 1.54. The third kappa shape index (κ3) is 2.25. The van der Waals surface area contributed by atoms with Gasteiger partial charge in [0.1, 0.15) is 5.82 Å². The van der Waals surface area contributed by atoms with Crippen molar-refractivity contribution in [3.05, 3.63) is 34.7 Å². The number of hydrogen-bond acceptors (Lipinski definition) is 4. The van der Waals surface area contributed by atoms with Crippen LogP contribution in [-0.2, 0) is 0 Å². The summed E-state index contributed by atoms with van der Waals surface area (Å²) in [5.74, 6) is -0.112. The van der Waals surface area contributed by atoms with Crippen LogP contribution in [0.5, 0.6) is 0 Å². The molecule has 0 saturated heterocycles. The number of nitrogens with two attached hydrogens (primary N) is 1. The monoisotopic (exact) mass is 237 g/mol. The Labute approximate surface area is 97.2 Å². The van der Waals surface area contributed by atoms with Gasteiger partial charge in [0.2, 0.25) is 0 Å². The summed E-state index contributed by atoms with van der Waals surface area (Å²) in [4.78, 5) is 8.22. The average Bonchev–Trinajstić information content (AvgIpc) is 2.77. The number of nitrogens with zero attached hydrogens (tertiary/aromatic N) is 2. The van der Waals surface area contributed by atoms with Crippen LogP contribution in [0.3, 0.4) is 0 Å². The highest BCUT2D eigenvalue weighted by molar-refractivity contribution is 7.10. The fourth-order valence-electron chi connectivity index (χ4n) is 1.30. The van der Waals surface area contributed by atoms with Gasteiger partial charge in [-0.15, -0.1) is 11.3 Å². The summed E-state index contributed by atoms with van der Waals surface area (Å²) in [7, 11) is 0. The molecule has 0 fully saturated rings. The topological polar surface area (TPSA) is 51.8 Å². The van der Waals surface area contributed by atoms with E-state index in [2.05, 4.69) is 9.97 Å². The van der Waals surface area contributed by atoms with Crippen LogP contribution in [0.1, 0.15) is 17.8 Å². The van der Waals surface area contributed by atoms with E-state index in [1.807, 2.05) is 12.3 Å². The zero-order chi connectivity index (χ0) is 11.5. The first-order valence-corrected chi connectivity index (χ1v) is 5.85. The molecule has 0 bridgehead atoms. The van der Waals surface area contributed by atoms with E-state index in [4.69, 9.17) is 5.73 Å². The Balaban J connectivity index is 2.31. The largest absolute Gasteiger partial charge is 0.330 e. The molecule has 1 unspecified atom stereocenters. The van der Waals surface area contributed by atoms with E-state index in [1.165, 1.54) is 12.3 Å². The molecule has 1 atom stereocenters. The molecule has 0 aliphatic rings. The number of rotatable bonds is 3. The highest BCUT2D eigenvalue weighted by Crippen LogP contribution is 2.25. The van der Waals surface area contributed by atoms with Crippen molar-refractivity contribution in [3.8, 4) is 11.3 Å². The minimum Gasteiger partial charge on any atom is -0.330 e. The molecule has 0 radical (unpaired) electrons. The van der Waals surface area contributed by atoms with E-state index in [0.717, 1.165) is 10.7 Å². The SMILES string of the molecule is CC(CN)c1nc(-c2cncc(F)c2)cs1. The van der Waals surface area contributed by atoms with E-state index in [9.17, 15) is 4.39 Å². The predicted molar refractivity (Wildman–Crippen MR) is 62.8 cm³/mol. The maximum Gasteiger partial charge on any atom is 0.142 e. The highest BCUT2D eigenvalue weighted by atomic mass is 32.1. The Morgan fingerprint density at radius 2 is 2.31 bits per heavy atom. The molecular weight excluding hydrogens is 225 g/mol. The minimum absolute atomic E-state index is 0.236. The standard InChI is InChI=1S/C11H12FN3S/c1-7(3-13)11-15-10(6-16-11)8-2-9(12)5-14-4-8/h2,4-7H,3,13H2,1H3. The van der Waals surface area contributed by atoms with E-state index < -0.39 is 0 Å². The second-order valence-electron chi connectivity index (χ2n) is 3.60. The van der Waals surface area contributed by atoms with Crippen molar-refractivity contribution in [2.75, 3.05) is 6.54 Å². The lowest BCUT2D eigenvalue weighted by Crippen LogP contribution is -2.08. The van der Waals surface area contributed by atoms with Gasteiger partial charge >= 0.3 is 0 Å². The van der Waals surface area contributed by atoms with Gasteiger partial charge in [0, 0.05) is 29.6 Å². The molecular formula is C11H12FN3S. The second-order valence-corrected chi connectivity index (χ2v) is 4.49. The number of pyridine rings is 1. The zero-order valence-corrected chi connectivity index (χ0v) is 9.67. The molecule has 0 saturated carbocycles. The number of halogens is 1. The first-order valence-electron chi connectivity index (χ1n) is 4.97. The summed E-state index contributed by atoms with van der Waals surface area (Å²) in [5, 5.41) is 2.87. The van der Waals surface area contributed by atoms with Crippen molar-refractivity contribution in [2.45, 2.75) is 12.8 Å². The van der Waals surface area contributed by atoms with E-state index >= 15 is 0 Å². The van der Waals surface area contributed by atoms with Crippen LogP contribution in [0.15, 0.2) is 23.8 Å². The Morgan fingerprint density at radius 1 is 1.50 bits per heavy atom. The van der Waals surface area contributed by atoms with Crippen LogP contribution in [0.4, 0.5) is 4.39 Å². The molecule has 2 aromatic rings. The first kappa shape index (κ1) is 11.2. The minimum atomic E-state index is -0.348. The number of hydrogen-bond donors (Lipinski definition) is 1. The van der Waals surface area contributed by atoms with Crippen LogP contribution in [0.25, 0.3) is 11.3 Å². The van der Waals surface area contributed by atoms with Crippen molar-refractivity contribution in [1.82, 2.24) is 9.97 Å². The van der Waals surface area contributed by atoms with Crippen molar-refractivity contribution in [1.29, 1.82) is 0 Å².